The molecule has 0 aromatic rings. The molecule has 5 nitrogen and oxygen atoms in total. The Morgan fingerprint density at radius 2 is 2.06 bits per heavy atom. The van der Waals surface area contributed by atoms with Gasteiger partial charge in [0.1, 0.15) is 0 Å². The second kappa shape index (κ2) is 5.00. The number of rotatable bonds is 6. The molecule has 2 aliphatic rings. The summed E-state index contributed by atoms with van der Waals surface area (Å²) < 4.78 is 26.1. The molecule has 0 spiro atoms. The van der Waals surface area contributed by atoms with E-state index in [0.29, 0.717) is 6.54 Å². The fourth-order valence-electron chi connectivity index (χ4n) is 2.20. The minimum Gasteiger partial charge on any atom is -0.319 e. The van der Waals surface area contributed by atoms with Gasteiger partial charge >= 0.3 is 0 Å². The lowest BCUT2D eigenvalue weighted by atomic mass is 10.3. The first-order chi connectivity index (χ1) is 7.61. The highest BCUT2D eigenvalue weighted by Gasteiger charge is 2.35. The first-order valence-corrected chi connectivity index (χ1v) is 7.64. The highest BCUT2D eigenvalue weighted by atomic mass is 32.2. The van der Waals surface area contributed by atoms with E-state index in [1.54, 1.807) is 7.05 Å². The lowest BCUT2D eigenvalue weighted by Gasteiger charge is -2.15. The summed E-state index contributed by atoms with van der Waals surface area (Å²) in [5, 5.41) is 2.86. The molecule has 1 saturated heterocycles. The molecular weight excluding hydrogens is 226 g/mol. The van der Waals surface area contributed by atoms with Crippen molar-refractivity contribution >= 4 is 10.0 Å². The van der Waals surface area contributed by atoms with E-state index in [-0.39, 0.29) is 11.8 Å². The molecule has 2 N–H and O–H groups in total. The maximum Gasteiger partial charge on any atom is 0.213 e. The number of nitrogens with zero attached hydrogens (tertiary/aromatic N) is 1. The van der Waals surface area contributed by atoms with Gasteiger partial charge in [-0.1, -0.05) is 0 Å². The van der Waals surface area contributed by atoms with Crippen LogP contribution in [0.1, 0.15) is 19.3 Å². The molecule has 16 heavy (non-hydrogen) atoms. The number of likely N-dealkylation sites (tertiary alicyclic amines) is 1. The van der Waals surface area contributed by atoms with Crippen LogP contribution in [0.5, 0.6) is 0 Å². The fraction of sp³-hybridized carbons (Fsp3) is 1.00. The van der Waals surface area contributed by atoms with Gasteiger partial charge in [-0.15, -0.1) is 0 Å². The standard InChI is InChI=1S/C10H21N3O2S/c1-11-5-7-16(14,15)12-9-4-6-13(8-9)10-2-3-10/h9-12H,2-8H2,1H3. The van der Waals surface area contributed by atoms with Gasteiger partial charge in [-0.05, 0) is 26.3 Å². The topological polar surface area (TPSA) is 61.4 Å². The SMILES string of the molecule is CNCCS(=O)(=O)NC1CCN(C2CC2)C1. The number of hydrogen-bond acceptors (Lipinski definition) is 4. The van der Waals surface area contributed by atoms with Gasteiger partial charge in [0.15, 0.2) is 0 Å². The minimum absolute atomic E-state index is 0.127. The molecule has 1 saturated carbocycles. The van der Waals surface area contributed by atoms with Crippen LogP contribution in [0.25, 0.3) is 0 Å². The Bertz CT molecular complexity index is 327. The van der Waals surface area contributed by atoms with E-state index in [4.69, 9.17) is 0 Å². The third-order valence-electron chi connectivity index (χ3n) is 3.25. The molecule has 0 radical (unpaired) electrons. The Labute approximate surface area is 97.6 Å². The lowest BCUT2D eigenvalue weighted by molar-refractivity contribution is 0.322. The van der Waals surface area contributed by atoms with Crippen LogP contribution < -0.4 is 10.0 Å². The van der Waals surface area contributed by atoms with Crippen molar-refractivity contribution in [2.45, 2.75) is 31.3 Å². The van der Waals surface area contributed by atoms with Crippen LogP contribution in [0.15, 0.2) is 0 Å². The van der Waals surface area contributed by atoms with Crippen LogP contribution in [-0.4, -0.2) is 57.8 Å². The van der Waals surface area contributed by atoms with Gasteiger partial charge in [0.2, 0.25) is 10.0 Å². The van der Waals surface area contributed by atoms with E-state index < -0.39 is 10.0 Å². The summed E-state index contributed by atoms with van der Waals surface area (Å²) >= 11 is 0. The summed E-state index contributed by atoms with van der Waals surface area (Å²) in [7, 11) is -1.33. The number of sulfonamides is 1. The average Bonchev–Trinajstić information content (AvgIpc) is 2.98. The van der Waals surface area contributed by atoms with Crippen LogP contribution in [0.3, 0.4) is 0 Å². The van der Waals surface area contributed by atoms with E-state index in [9.17, 15) is 8.42 Å². The van der Waals surface area contributed by atoms with E-state index in [2.05, 4.69) is 14.9 Å². The average molecular weight is 247 g/mol. The molecular formula is C10H21N3O2S. The third-order valence-corrected chi connectivity index (χ3v) is 4.68. The predicted octanol–water partition coefficient (Wildman–Crippen LogP) is -0.638. The normalized spacial score (nSPS) is 27.4. The zero-order chi connectivity index (χ0) is 11.6. The summed E-state index contributed by atoms with van der Waals surface area (Å²) in [5.41, 5.74) is 0. The van der Waals surface area contributed by atoms with Crippen molar-refractivity contribution < 1.29 is 8.42 Å². The second-order valence-corrected chi connectivity index (χ2v) is 6.63. The molecule has 0 bridgehead atoms. The van der Waals surface area contributed by atoms with Crippen molar-refractivity contribution in [3.63, 3.8) is 0 Å². The van der Waals surface area contributed by atoms with Crippen molar-refractivity contribution in [1.29, 1.82) is 0 Å². The van der Waals surface area contributed by atoms with Gasteiger partial charge in [0.05, 0.1) is 5.75 Å². The molecule has 6 heteroatoms. The lowest BCUT2D eigenvalue weighted by Crippen LogP contribution is -2.40. The van der Waals surface area contributed by atoms with Crippen LogP contribution in [0.4, 0.5) is 0 Å². The van der Waals surface area contributed by atoms with Crippen LogP contribution in [0, 0.1) is 0 Å². The minimum atomic E-state index is -3.10. The highest BCUT2D eigenvalue weighted by Crippen LogP contribution is 2.29. The first-order valence-electron chi connectivity index (χ1n) is 5.99. The molecule has 1 aliphatic carbocycles. The predicted molar refractivity (Wildman–Crippen MR) is 63.8 cm³/mol. The smallest absolute Gasteiger partial charge is 0.213 e. The van der Waals surface area contributed by atoms with Gasteiger partial charge < -0.3 is 5.32 Å². The van der Waals surface area contributed by atoms with Crippen molar-refractivity contribution in [2.24, 2.45) is 0 Å². The second-order valence-electron chi connectivity index (χ2n) is 4.75. The highest BCUT2D eigenvalue weighted by molar-refractivity contribution is 7.89. The molecule has 2 rings (SSSR count). The fourth-order valence-corrected chi connectivity index (χ4v) is 3.50. The van der Waals surface area contributed by atoms with E-state index >= 15 is 0 Å². The monoisotopic (exact) mass is 247 g/mol. The summed E-state index contributed by atoms with van der Waals surface area (Å²) in [6.07, 6.45) is 3.54. The first kappa shape index (κ1) is 12.3. The summed E-state index contributed by atoms with van der Waals surface area (Å²) in [6, 6.07) is 0.870. The van der Waals surface area contributed by atoms with E-state index in [1.807, 2.05) is 0 Å². The van der Waals surface area contributed by atoms with Crippen molar-refractivity contribution in [2.75, 3.05) is 32.4 Å². The van der Waals surface area contributed by atoms with Crippen LogP contribution >= 0.6 is 0 Å². The summed E-state index contributed by atoms with van der Waals surface area (Å²) in [4.78, 5) is 2.41. The maximum atomic E-state index is 11.7. The maximum absolute atomic E-state index is 11.7. The van der Waals surface area contributed by atoms with Gasteiger partial charge in [0, 0.05) is 31.7 Å². The Morgan fingerprint density at radius 1 is 1.31 bits per heavy atom. The number of nitrogens with one attached hydrogen (secondary N) is 2. The Kier molecular flexibility index (Phi) is 3.84. The molecule has 1 unspecified atom stereocenters. The van der Waals surface area contributed by atoms with E-state index in [1.165, 1.54) is 12.8 Å². The molecule has 1 atom stereocenters. The van der Waals surface area contributed by atoms with Gasteiger partial charge in [0.25, 0.3) is 0 Å². The molecule has 1 heterocycles. The Morgan fingerprint density at radius 3 is 2.69 bits per heavy atom. The number of hydrogen-bond donors (Lipinski definition) is 2. The zero-order valence-electron chi connectivity index (χ0n) is 9.78. The Hall–Kier alpha value is -0.170. The zero-order valence-corrected chi connectivity index (χ0v) is 10.6. The van der Waals surface area contributed by atoms with Crippen molar-refractivity contribution in [1.82, 2.24) is 14.9 Å². The third kappa shape index (κ3) is 3.41. The van der Waals surface area contributed by atoms with Gasteiger partial charge in [-0.25, -0.2) is 13.1 Å². The molecule has 1 aliphatic heterocycles. The quantitative estimate of drug-likeness (QED) is 0.655. The molecule has 0 aromatic carbocycles. The van der Waals surface area contributed by atoms with Gasteiger partial charge in [-0.2, -0.15) is 0 Å². The molecule has 0 aromatic heterocycles. The molecule has 94 valence electrons. The molecule has 0 amide bonds. The van der Waals surface area contributed by atoms with Crippen molar-refractivity contribution in [3.8, 4) is 0 Å². The largest absolute Gasteiger partial charge is 0.319 e. The summed E-state index contributed by atoms with van der Waals surface area (Å²) in [5.74, 6) is 0.170. The van der Waals surface area contributed by atoms with Crippen LogP contribution in [-0.2, 0) is 10.0 Å². The summed E-state index contributed by atoms with van der Waals surface area (Å²) in [6.45, 7) is 2.45. The van der Waals surface area contributed by atoms with Crippen LogP contribution in [0.2, 0.25) is 0 Å². The molecule has 2 fully saturated rings. The van der Waals surface area contributed by atoms with E-state index in [0.717, 1.165) is 25.6 Å². The van der Waals surface area contributed by atoms with Gasteiger partial charge in [-0.3, -0.25) is 4.90 Å². The Balaban J connectivity index is 1.77. The van der Waals surface area contributed by atoms with Crippen molar-refractivity contribution in [3.05, 3.63) is 0 Å².